The first-order valence-electron chi connectivity index (χ1n) is 3.89. The normalized spacial score (nSPS) is 8.50. The third-order valence-electron chi connectivity index (χ3n) is 1.59. The molecule has 0 spiro atoms. The Hall–Kier alpha value is -1.42. The van der Waals surface area contributed by atoms with E-state index in [9.17, 15) is 0 Å². The zero-order valence-corrected chi connectivity index (χ0v) is 7.42. The van der Waals surface area contributed by atoms with Gasteiger partial charge >= 0.3 is 0 Å². The lowest BCUT2D eigenvalue weighted by atomic mass is 10.1. The first-order chi connectivity index (χ1) is 5.83. The highest BCUT2D eigenvalue weighted by molar-refractivity contribution is 5.24. The van der Waals surface area contributed by atoms with Crippen molar-refractivity contribution in [1.29, 1.82) is 0 Å². The second-order valence-electron chi connectivity index (χ2n) is 2.65. The molecule has 0 heterocycles. The van der Waals surface area contributed by atoms with Crippen LogP contribution in [-0.2, 0) is 11.2 Å². The molecule has 1 rings (SSSR count). The van der Waals surface area contributed by atoms with E-state index in [1.807, 2.05) is 0 Å². The summed E-state index contributed by atoms with van der Waals surface area (Å²) < 4.78 is 4.63. The number of hydrogen-bond donors (Lipinski definition) is 0. The van der Waals surface area contributed by atoms with Gasteiger partial charge in [-0.3, -0.25) is 0 Å². The van der Waals surface area contributed by atoms with Crippen molar-refractivity contribution in [3.8, 4) is 12.0 Å². The Morgan fingerprint density at radius 3 is 2.50 bits per heavy atom. The molecule has 1 heteroatoms. The van der Waals surface area contributed by atoms with E-state index in [1.165, 1.54) is 11.1 Å². The van der Waals surface area contributed by atoms with E-state index in [-0.39, 0.29) is 0 Å². The molecule has 0 fully saturated rings. The van der Waals surface area contributed by atoms with Crippen molar-refractivity contribution in [3.05, 3.63) is 35.4 Å². The van der Waals surface area contributed by atoms with E-state index in [0.29, 0.717) is 0 Å². The van der Waals surface area contributed by atoms with Gasteiger partial charge in [0, 0.05) is 6.42 Å². The quantitative estimate of drug-likeness (QED) is 0.572. The van der Waals surface area contributed by atoms with Crippen molar-refractivity contribution in [3.63, 3.8) is 0 Å². The zero-order valence-electron chi connectivity index (χ0n) is 7.42. The summed E-state index contributed by atoms with van der Waals surface area (Å²) in [5.74, 6) is 2.90. The number of hydrogen-bond acceptors (Lipinski definition) is 1. The van der Waals surface area contributed by atoms with Crippen LogP contribution in [0, 0.1) is 19.0 Å². The van der Waals surface area contributed by atoms with Gasteiger partial charge in [0.05, 0.1) is 7.11 Å². The minimum Gasteiger partial charge on any atom is -0.450 e. The molecule has 0 aliphatic carbocycles. The SMILES string of the molecule is COC#CCc1ccc(C)cc1. The summed E-state index contributed by atoms with van der Waals surface area (Å²) in [4.78, 5) is 0. The molecule has 0 aliphatic heterocycles. The monoisotopic (exact) mass is 160 g/mol. The third kappa shape index (κ3) is 2.67. The molecule has 0 N–H and O–H groups in total. The fourth-order valence-corrected chi connectivity index (χ4v) is 0.916. The Bertz CT molecular complexity index is 287. The van der Waals surface area contributed by atoms with E-state index < -0.39 is 0 Å². The fraction of sp³-hybridized carbons (Fsp3) is 0.273. The summed E-state index contributed by atoms with van der Waals surface area (Å²) >= 11 is 0. The number of methoxy groups -OCH3 is 1. The van der Waals surface area contributed by atoms with Gasteiger partial charge in [-0.15, -0.1) is 0 Å². The van der Waals surface area contributed by atoms with Gasteiger partial charge in [-0.2, -0.15) is 0 Å². The standard InChI is InChI=1S/C11H12O/c1-10-5-7-11(8-6-10)4-3-9-12-2/h5-8H,4H2,1-2H3. The Kier molecular flexibility index (Phi) is 3.22. The van der Waals surface area contributed by atoms with Crippen molar-refractivity contribution in [2.45, 2.75) is 13.3 Å². The van der Waals surface area contributed by atoms with Crippen LogP contribution in [0.1, 0.15) is 11.1 Å². The van der Waals surface area contributed by atoms with Gasteiger partial charge in [0.15, 0.2) is 0 Å². The van der Waals surface area contributed by atoms with Gasteiger partial charge in [-0.25, -0.2) is 0 Å². The van der Waals surface area contributed by atoms with Crippen molar-refractivity contribution < 1.29 is 4.74 Å². The molecule has 0 saturated carbocycles. The Labute approximate surface area is 73.4 Å². The lowest BCUT2D eigenvalue weighted by Crippen LogP contribution is -1.81. The molecule has 0 bridgehead atoms. The van der Waals surface area contributed by atoms with Crippen LogP contribution in [0.2, 0.25) is 0 Å². The van der Waals surface area contributed by atoms with E-state index in [1.54, 1.807) is 7.11 Å². The molecule has 0 unspecified atom stereocenters. The van der Waals surface area contributed by atoms with Crippen LogP contribution < -0.4 is 0 Å². The molecule has 1 aromatic carbocycles. The maximum atomic E-state index is 4.63. The van der Waals surface area contributed by atoms with Crippen LogP contribution in [0.5, 0.6) is 0 Å². The number of rotatable bonds is 1. The minimum absolute atomic E-state index is 0.758. The van der Waals surface area contributed by atoms with Gasteiger partial charge in [0.1, 0.15) is 6.11 Å². The first-order valence-corrected chi connectivity index (χ1v) is 3.89. The van der Waals surface area contributed by atoms with Crippen LogP contribution in [0.4, 0.5) is 0 Å². The third-order valence-corrected chi connectivity index (χ3v) is 1.59. The van der Waals surface area contributed by atoms with Crippen molar-refractivity contribution in [2.24, 2.45) is 0 Å². The van der Waals surface area contributed by atoms with Gasteiger partial charge < -0.3 is 4.74 Å². The van der Waals surface area contributed by atoms with Crippen LogP contribution >= 0.6 is 0 Å². The molecular formula is C11H12O. The average molecular weight is 160 g/mol. The predicted molar refractivity (Wildman–Crippen MR) is 49.7 cm³/mol. The molecule has 12 heavy (non-hydrogen) atoms. The second kappa shape index (κ2) is 4.46. The Morgan fingerprint density at radius 2 is 1.92 bits per heavy atom. The highest BCUT2D eigenvalue weighted by Gasteiger charge is 1.87. The maximum absolute atomic E-state index is 4.63. The first kappa shape index (κ1) is 8.67. The molecular weight excluding hydrogens is 148 g/mol. The van der Waals surface area contributed by atoms with Gasteiger partial charge in [-0.05, 0) is 12.5 Å². The molecule has 1 nitrogen and oxygen atoms in total. The minimum atomic E-state index is 0.758. The maximum Gasteiger partial charge on any atom is 0.110 e. The van der Waals surface area contributed by atoms with Gasteiger partial charge in [-0.1, -0.05) is 35.7 Å². The highest BCUT2D eigenvalue weighted by Crippen LogP contribution is 2.02. The summed E-state index contributed by atoms with van der Waals surface area (Å²) in [6, 6.07) is 8.34. The molecule has 62 valence electrons. The Balaban J connectivity index is 2.59. The molecule has 0 aromatic heterocycles. The van der Waals surface area contributed by atoms with E-state index in [0.717, 1.165) is 6.42 Å². The molecule has 0 aliphatic rings. The Morgan fingerprint density at radius 1 is 1.25 bits per heavy atom. The summed E-state index contributed by atoms with van der Waals surface area (Å²) in [7, 11) is 1.57. The van der Waals surface area contributed by atoms with E-state index >= 15 is 0 Å². The topological polar surface area (TPSA) is 9.23 Å². The lowest BCUT2D eigenvalue weighted by molar-refractivity contribution is 0.372. The summed E-state index contributed by atoms with van der Waals surface area (Å²) in [5, 5.41) is 0. The summed E-state index contributed by atoms with van der Waals surface area (Å²) in [6.45, 7) is 2.07. The smallest absolute Gasteiger partial charge is 0.110 e. The molecule has 0 atom stereocenters. The second-order valence-corrected chi connectivity index (χ2v) is 2.65. The van der Waals surface area contributed by atoms with Gasteiger partial charge in [0.25, 0.3) is 0 Å². The summed E-state index contributed by atoms with van der Waals surface area (Å²) in [5.41, 5.74) is 2.50. The largest absolute Gasteiger partial charge is 0.450 e. The van der Waals surface area contributed by atoms with Crippen molar-refractivity contribution in [2.75, 3.05) is 7.11 Å². The molecule has 0 radical (unpaired) electrons. The van der Waals surface area contributed by atoms with Crippen molar-refractivity contribution in [1.82, 2.24) is 0 Å². The van der Waals surface area contributed by atoms with Crippen molar-refractivity contribution >= 4 is 0 Å². The predicted octanol–water partition coefficient (Wildman–Crippen LogP) is 2.14. The molecule has 0 amide bonds. The van der Waals surface area contributed by atoms with E-state index in [2.05, 4.69) is 48.0 Å². The molecule has 1 aromatic rings. The van der Waals surface area contributed by atoms with Crippen LogP contribution in [0.15, 0.2) is 24.3 Å². The molecule has 0 saturated heterocycles. The van der Waals surface area contributed by atoms with Gasteiger partial charge in [0.2, 0.25) is 0 Å². The van der Waals surface area contributed by atoms with E-state index in [4.69, 9.17) is 0 Å². The highest BCUT2D eigenvalue weighted by atomic mass is 16.5. The lowest BCUT2D eigenvalue weighted by Gasteiger charge is -1.94. The summed E-state index contributed by atoms with van der Waals surface area (Å²) in [6.07, 6.45) is 3.32. The number of aryl methyl sites for hydroxylation is 1. The van der Waals surface area contributed by atoms with Crippen LogP contribution in [0.3, 0.4) is 0 Å². The number of ether oxygens (including phenoxy) is 1. The van der Waals surface area contributed by atoms with Crippen LogP contribution in [0.25, 0.3) is 0 Å². The fourth-order valence-electron chi connectivity index (χ4n) is 0.916. The average Bonchev–Trinajstić information content (AvgIpc) is 2.09. The number of benzene rings is 1. The zero-order chi connectivity index (χ0) is 8.81. The van der Waals surface area contributed by atoms with Crippen LogP contribution in [-0.4, -0.2) is 7.11 Å².